The lowest BCUT2D eigenvalue weighted by molar-refractivity contribution is -0.126. The smallest absolute Gasteiger partial charge is 0.335 e. The van der Waals surface area contributed by atoms with E-state index >= 15 is 0 Å². The maximum absolute atomic E-state index is 12.1. The number of alkyl halides is 3. The van der Waals surface area contributed by atoms with Gasteiger partial charge in [0.2, 0.25) is 0 Å². The molecule has 1 aromatic rings. The summed E-state index contributed by atoms with van der Waals surface area (Å²) in [5, 5.41) is 7.88. The zero-order valence-electron chi connectivity index (χ0n) is 11.6. The molecule has 1 saturated carbocycles. The molecule has 0 bridgehead atoms. The topological polar surface area (TPSA) is 53.2 Å². The fourth-order valence-electron chi connectivity index (χ4n) is 1.82. The summed E-state index contributed by atoms with van der Waals surface area (Å²) in [6.45, 7) is 0.631. The molecule has 7 heteroatoms. The largest absolute Gasteiger partial charge is 0.401 e. The molecule has 21 heavy (non-hydrogen) atoms. The highest BCUT2D eigenvalue weighted by atomic mass is 19.4. The third-order valence-corrected chi connectivity index (χ3v) is 3.19. The minimum absolute atomic E-state index is 0.256. The third-order valence-electron chi connectivity index (χ3n) is 3.19. The quantitative estimate of drug-likeness (QED) is 0.782. The summed E-state index contributed by atoms with van der Waals surface area (Å²) in [5.74, 6) is 0. The second kappa shape index (κ2) is 6.34. The molecule has 1 aliphatic carbocycles. The van der Waals surface area contributed by atoms with Gasteiger partial charge in [0.1, 0.15) is 0 Å². The maximum Gasteiger partial charge on any atom is 0.401 e. The Balaban J connectivity index is 1.84. The Morgan fingerprint density at radius 2 is 1.90 bits per heavy atom. The molecule has 4 nitrogen and oxygen atoms in total. The van der Waals surface area contributed by atoms with E-state index in [1.807, 2.05) is 0 Å². The van der Waals surface area contributed by atoms with Gasteiger partial charge < -0.3 is 16.0 Å². The van der Waals surface area contributed by atoms with Crippen LogP contribution in [-0.2, 0) is 0 Å². The second-order valence-electron chi connectivity index (χ2n) is 5.21. The zero-order chi connectivity index (χ0) is 15.5. The lowest BCUT2D eigenvalue weighted by Gasteiger charge is -2.16. The number of carbonyl (C=O) groups excluding carboxylic acids is 1. The summed E-state index contributed by atoms with van der Waals surface area (Å²) in [5.41, 5.74) is 1.34. The number of halogens is 3. The molecule has 0 aromatic heterocycles. The van der Waals surface area contributed by atoms with Gasteiger partial charge in [-0.3, -0.25) is 0 Å². The predicted octanol–water partition coefficient (Wildman–Crippen LogP) is 3.18. The SMILES string of the molecule is CC(NCC(F)(F)F)c1ccc(NC(=O)NC2CC2)cc1. The van der Waals surface area contributed by atoms with Gasteiger partial charge >= 0.3 is 12.2 Å². The van der Waals surface area contributed by atoms with Gasteiger partial charge in [0.05, 0.1) is 6.54 Å². The van der Waals surface area contributed by atoms with Crippen LogP contribution in [0.2, 0.25) is 0 Å². The van der Waals surface area contributed by atoms with Crippen molar-refractivity contribution >= 4 is 11.7 Å². The monoisotopic (exact) mass is 301 g/mol. The van der Waals surface area contributed by atoms with Crippen LogP contribution >= 0.6 is 0 Å². The number of amides is 2. The first-order chi connectivity index (χ1) is 9.83. The fraction of sp³-hybridized carbons (Fsp3) is 0.500. The van der Waals surface area contributed by atoms with Crippen molar-refractivity contribution in [2.45, 2.75) is 38.0 Å². The molecule has 0 spiro atoms. The maximum atomic E-state index is 12.1. The number of anilines is 1. The summed E-state index contributed by atoms with van der Waals surface area (Å²) >= 11 is 0. The molecule has 3 N–H and O–H groups in total. The number of rotatable bonds is 5. The Labute approximate surface area is 121 Å². The number of carbonyl (C=O) groups is 1. The van der Waals surface area contributed by atoms with E-state index in [2.05, 4.69) is 16.0 Å². The molecule has 1 atom stereocenters. The summed E-state index contributed by atoms with van der Waals surface area (Å²) in [4.78, 5) is 11.5. The normalized spacial score (nSPS) is 16.4. The summed E-state index contributed by atoms with van der Waals surface area (Å²) in [6.07, 6.45) is -2.21. The van der Waals surface area contributed by atoms with Gasteiger partial charge in [0.25, 0.3) is 0 Å². The number of benzene rings is 1. The lowest BCUT2D eigenvalue weighted by Crippen LogP contribution is -2.31. The molecule has 1 aliphatic rings. The average molecular weight is 301 g/mol. The van der Waals surface area contributed by atoms with Crippen molar-refractivity contribution in [3.8, 4) is 0 Å². The van der Waals surface area contributed by atoms with Crippen molar-refractivity contribution in [2.24, 2.45) is 0 Å². The van der Waals surface area contributed by atoms with Crippen molar-refractivity contribution in [1.82, 2.24) is 10.6 Å². The summed E-state index contributed by atoms with van der Waals surface area (Å²) < 4.78 is 36.4. The van der Waals surface area contributed by atoms with Crippen LogP contribution in [0.25, 0.3) is 0 Å². The minimum atomic E-state index is -4.23. The number of urea groups is 1. The van der Waals surface area contributed by atoms with E-state index in [1.54, 1.807) is 31.2 Å². The Morgan fingerprint density at radius 3 is 2.43 bits per heavy atom. The average Bonchev–Trinajstić information content (AvgIpc) is 3.19. The van der Waals surface area contributed by atoms with E-state index in [9.17, 15) is 18.0 Å². The summed E-state index contributed by atoms with van der Waals surface area (Å²) in [7, 11) is 0. The molecule has 2 amide bonds. The van der Waals surface area contributed by atoms with Crippen LogP contribution in [0.15, 0.2) is 24.3 Å². The predicted molar refractivity (Wildman–Crippen MR) is 74.1 cm³/mol. The van der Waals surface area contributed by atoms with Crippen LogP contribution in [0, 0.1) is 0 Å². The Hall–Kier alpha value is -1.76. The van der Waals surface area contributed by atoms with Crippen LogP contribution in [-0.4, -0.2) is 24.8 Å². The van der Waals surface area contributed by atoms with Gasteiger partial charge in [0, 0.05) is 17.8 Å². The molecular weight excluding hydrogens is 283 g/mol. The minimum Gasteiger partial charge on any atom is -0.335 e. The van der Waals surface area contributed by atoms with Crippen molar-refractivity contribution in [3.63, 3.8) is 0 Å². The van der Waals surface area contributed by atoms with Crippen molar-refractivity contribution in [1.29, 1.82) is 0 Å². The van der Waals surface area contributed by atoms with E-state index in [4.69, 9.17) is 0 Å². The van der Waals surface area contributed by atoms with Crippen LogP contribution < -0.4 is 16.0 Å². The van der Waals surface area contributed by atoms with Crippen LogP contribution in [0.4, 0.5) is 23.7 Å². The van der Waals surface area contributed by atoms with Gasteiger partial charge in [-0.25, -0.2) is 4.79 Å². The first-order valence-corrected chi connectivity index (χ1v) is 6.81. The van der Waals surface area contributed by atoms with E-state index < -0.39 is 18.8 Å². The second-order valence-corrected chi connectivity index (χ2v) is 5.21. The molecule has 116 valence electrons. The molecule has 0 radical (unpaired) electrons. The Kier molecular flexibility index (Phi) is 4.72. The van der Waals surface area contributed by atoms with E-state index in [0.29, 0.717) is 5.69 Å². The lowest BCUT2D eigenvalue weighted by atomic mass is 10.1. The van der Waals surface area contributed by atoms with Gasteiger partial charge in [0.15, 0.2) is 0 Å². The molecule has 0 aliphatic heterocycles. The van der Waals surface area contributed by atoms with Crippen molar-refractivity contribution < 1.29 is 18.0 Å². The first-order valence-electron chi connectivity index (χ1n) is 6.81. The van der Waals surface area contributed by atoms with Gasteiger partial charge in [-0.15, -0.1) is 0 Å². The highest BCUT2D eigenvalue weighted by molar-refractivity contribution is 5.89. The van der Waals surface area contributed by atoms with E-state index in [0.717, 1.165) is 18.4 Å². The molecule has 1 aromatic carbocycles. The number of hydrogen-bond acceptors (Lipinski definition) is 2. The van der Waals surface area contributed by atoms with E-state index in [1.165, 1.54) is 0 Å². The van der Waals surface area contributed by atoms with Crippen molar-refractivity contribution in [3.05, 3.63) is 29.8 Å². The first kappa shape index (κ1) is 15.6. The van der Waals surface area contributed by atoms with Gasteiger partial charge in [-0.05, 0) is 37.5 Å². The molecule has 1 unspecified atom stereocenters. The van der Waals surface area contributed by atoms with Gasteiger partial charge in [-0.1, -0.05) is 12.1 Å². The van der Waals surface area contributed by atoms with Crippen LogP contribution in [0.3, 0.4) is 0 Å². The van der Waals surface area contributed by atoms with Crippen LogP contribution in [0.5, 0.6) is 0 Å². The molecule has 2 rings (SSSR count). The van der Waals surface area contributed by atoms with Crippen LogP contribution in [0.1, 0.15) is 31.4 Å². The highest BCUT2D eigenvalue weighted by Gasteiger charge is 2.27. The Morgan fingerprint density at radius 1 is 1.29 bits per heavy atom. The van der Waals surface area contributed by atoms with Crippen molar-refractivity contribution in [2.75, 3.05) is 11.9 Å². The molecular formula is C14H18F3N3O. The molecule has 0 heterocycles. The number of nitrogens with one attached hydrogen (secondary N) is 3. The third kappa shape index (κ3) is 5.63. The Bertz CT molecular complexity index is 483. The standard InChI is InChI=1S/C14H18F3N3O/c1-9(18-8-14(15,16)17)10-2-4-11(5-3-10)19-13(21)20-12-6-7-12/h2-5,9,12,18H,6-8H2,1H3,(H2,19,20,21). The summed E-state index contributed by atoms with van der Waals surface area (Å²) in [6, 6.07) is 6.34. The van der Waals surface area contributed by atoms with E-state index in [-0.39, 0.29) is 12.1 Å². The fourth-order valence-corrected chi connectivity index (χ4v) is 1.82. The highest BCUT2D eigenvalue weighted by Crippen LogP contribution is 2.20. The van der Waals surface area contributed by atoms with Gasteiger partial charge in [-0.2, -0.15) is 13.2 Å². The zero-order valence-corrected chi connectivity index (χ0v) is 11.6. The molecule has 0 saturated heterocycles. The molecule has 1 fully saturated rings. The number of hydrogen-bond donors (Lipinski definition) is 3.